The van der Waals surface area contributed by atoms with E-state index >= 15 is 0 Å². The number of ether oxygens (including phenoxy) is 1. The molecule has 1 N–H and O–H groups in total. The van der Waals surface area contributed by atoms with Crippen LogP contribution in [0.2, 0.25) is 0 Å². The van der Waals surface area contributed by atoms with Crippen molar-refractivity contribution in [2.24, 2.45) is 0 Å². The molecule has 0 unspecified atom stereocenters. The van der Waals surface area contributed by atoms with Gasteiger partial charge >= 0.3 is 0 Å². The van der Waals surface area contributed by atoms with E-state index in [2.05, 4.69) is 21.4 Å². The predicted octanol–water partition coefficient (Wildman–Crippen LogP) is 5.77. The van der Waals surface area contributed by atoms with Crippen LogP contribution < -0.4 is 10.2 Å². The van der Waals surface area contributed by atoms with E-state index in [0.717, 1.165) is 21.2 Å². The van der Waals surface area contributed by atoms with Gasteiger partial charge in [-0.2, -0.15) is 5.01 Å². The van der Waals surface area contributed by atoms with Crippen molar-refractivity contribution in [3.8, 4) is 5.75 Å². The minimum atomic E-state index is -0.440. The van der Waals surface area contributed by atoms with Crippen LogP contribution in [-0.2, 0) is 11.4 Å². The summed E-state index contributed by atoms with van der Waals surface area (Å²) in [7, 11) is 0. The number of thiophene rings is 1. The molecule has 2 aromatic carbocycles. The SMILES string of the molecule is O=C(NN1C(=O)/C(=C/c2cc(Br)ccc2OCc2ccccc2F)SC1=S)c1cccs1. The van der Waals surface area contributed by atoms with Crippen molar-refractivity contribution in [1.82, 2.24) is 10.4 Å². The molecular formula is C22H14BrFN2O3S3. The van der Waals surface area contributed by atoms with Crippen LogP contribution in [0.5, 0.6) is 5.75 Å². The number of halogens is 2. The first-order valence-electron chi connectivity index (χ1n) is 9.20. The molecule has 0 aliphatic carbocycles. The van der Waals surface area contributed by atoms with E-state index in [9.17, 15) is 14.0 Å². The molecule has 1 fully saturated rings. The quantitative estimate of drug-likeness (QED) is 0.312. The number of carbonyl (C=O) groups is 2. The molecule has 10 heteroatoms. The largest absolute Gasteiger partial charge is 0.488 e. The van der Waals surface area contributed by atoms with Gasteiger partial charge in [0.05, 0.1) is 9.78 Å². The molecule has 0 spiro atoms. The Morgan fingerprint density at radius 2 is 2.03 bits per heavy atom. The van der Waals surface area contributed by atoms with Crippen LogP contribution in [0.15, 0.2) is 69.4 Å². The molecule has 2 amide bonds. The fraction of sp³-hybridized carbons (Fsp3) is 0.0455. The third kappa shape index (κ3) is 5.09. The lowest BCUT2D eigenvalue weighted by molar-refractivity contribution is -0.123. The number of nitrogens with zero attached hydrogens (tertiary/aromatic N) is 1. The zero-order chi connectivity index (χ0) is 22.7. The first-order valence-corrected chi connectivity index (χ1v) is 12.1. The third-order valence-corrected chi connectivity index (χ3v) is 7.02. The molecule has 0 radical (unpaired) electrons. The average Bonchev–Trinajstić information content (AvgIpc) is 3.39. The lowest BCUT2D eigenvalue weighted by atomic mass is 10.1. The predicted molar refractivity (Wildman–Crippen MR) is 132 cm³/mol. The van der Waals surface area contributed by atoms with Crippen LogP contribution >= 0.6 is 51.2 Å². The maximum Gasteiger partial charge on any atom is 0.285 e. The van der Waals surface area contributed by atoms with Crippen molar-refractivity contribution in [2.45, 2.75) is 6.61 Å². The number of amides is 2. The van der Waals surface area contributed by atoms with Crippen LogP contribution in [0.25, 0.3) is 6.08 Å². The monoisotopic (exact) mass is 548 g/mol. The molecular weight excluding hydrogens is 535 g/mol. The summed E-state index contributed by atoms with van der Waals surface area (Å²) in [5.41, 5.74) is 3.58. The molecule has 0 saturated carbocycles. The molecule has 0 atom stereocenters. The second-order valence-corrected chi connectivity index (χ2v) is 10.0. The zero-order valence-corrected chi connectivity index (χ0v) is 20.2. The second kappa shape index (κ2) is 9.95. The lowest BCUT2D eigenvalue weighted by Gasteiger charge is -2.14. The van der Waals surface area contributed by atoms with E-state index in [1.165, 1.54) is 17.4 Å². The van der Waals surface area contributed by atoms with Gasteiger partial charge in [0.2, 0.25) is 0 Å². The summed E-state index contributed by atoms with van der Waals surface area (Å²) in [4.78, 5) is 26.0. The molecule has 1 aliphatic heterocycles. The van der Waals surface area contributed by atoms with Gasteiger partial charge in [0.15, 0.2) is 4.32 Å². The van der Waals surface area contributed by atoms with Gasteiger partial charge in [-0.05, 0) is 54.0 Å². The maximum absolute atomic E-state index is 13.9. The minimum Gasteiger partial charge on any atom is -0.488 e. The number of thioether (sulfide) groups is 1. The summed E-state index contributed by atoms with van der Waals surface area (Å²) >= 11 is 11.0. The van der Waals surface area contributed by atoms with Crippen molar-refractivity contribution in [1.29, 1.82) is 0 Å². The van der Waals surface area contributed by atoms with Gasteiger partial charge in [-0.3, -0.25) is 15.0 Å². The fourth-order valence-corrected chi connectivity index (χ4v) is 4.97. The van der Waals surface area contributed by atoms with Crippen molar-refractivity contribution in [3.05, 3.63) is 91.2 Å². The van der Waals surface area contributed by atoms with Crippen LogP contribution in [0.3, 0.4) is 0 Å². The molecule has 3 aromatic rings. The number of benzene rings is 2. The van der Waals surface area contributed by atoms with Crippen molar-refractivity contribution in [2.75, 3.05) is 0 Å². The zero-order valence-electron chi connectivity index (χ0n) is 16.2. The molecule has 2 heterocycles. The first kappa shape index (κ1) is 22.7. The van der Waals surface area contributed by atoms with Gasteiger partial charge < -0.3 is 4.74 Å². The molecule has 162 valence electrons. The summed E-state index contributed by atoms with van der Waals surface area (Å²) in [5.74, 6) is -0.725. The van der Waals surface area contributed by atoms with E-state index in [0.29, 0.717) is 26.7 Å². The van der Waals surface area contributed by atoms with Crippen LogP contribution in [0.4, 0.5) is 4.39 Å². The van der Waals surface area contributed by atoms with Gasteiger partial charge in [-0.25, -0.2) is 4.39 Å². The number of hydrogen-bond donors (Lipinski definition) is 1. The normalized spacial score (nSPS) is 14.8. The number of hydrogen-bond acceptors (Lipinski definition) is 6. The number of nitrogens with one attached hydrogen (secondary N) is 1. The third-order valence-electron chi connectivity index (χ3n) is 4.35. The Bertz CT molecular complexity index is 1230. The summed E-state index contributed by atoms with van der Waals surface area (Å²) in [6.07, 6.45) is 1.64. The summed E-state index contributed by atoms with van der Waals surface area (Å²) < 4.78 is 20.8. The highest BCUT2D eigenvalue weighted by atomic mass is 79.9. The Hall–Kier alpha value is -2.53. The Labute approximate surface area is 205 Å². The highest BCUT2D eigenvalue weighted by molar-refractivity contribution is 9.10. The Balaban J connectivity index is 1.54. The average molecular weight is 549 g/mol. The van der Waals surface area contributed by atoms with Gasteiger partial charge in [0.25, 0.3) is 11.8 Å². The molecule has 4 rings (SSSR count). The van der Waals surface area contributed by atoms with Crippen LogP contribution in [0, 0.1) is 5.82 Å². The van der Waals surface area contributed by atoms with Crippen molar-refractivity contribution < 1.29 is 18.7 Å². The lowest BCUT2D eigenvalue weighted by Crippen LogP contribution is -2.44. The Morgan fingerprint density at radius 1 is 1.22 bits per heavy atom. The van der Waals surface area contributed by atoms with E-state index < -0.39 is 11.8 Å². The number of carbonyl (C=O) groups excluding carboxylic acids is 2. The first-order chi connectivity index (χ1) is 15.4. The molecule has 1 aromatic heterocycles. The minimum absolute atomic E-state index is 0.0347. The molecule has 0 bridgehead atoms. The van der Waals surface area contributed by atoms with Gasteiger partial charge in [0, 0.05) is 15.6 Å². The van der Waals surface area contributed by atoms with Gasteiger partial charge in [-0.1, -0.05) is 52.0 Å². The highest BCUT2D eigenvalue weighted by Gasteiger charge is 2.34. The highest BCUT2D eigenvalue weighted by Crippen LogP contribution is 2.34. The van der Waals surface area contributed by atoms with Gasteiger partial charge in [0.1, 0.15) is 18.2 Å². The summed E-state index contributed by atoms with van der Waals surface area (Å²) in [5, 5.41) is 2.83. The standard InChI is InChI=1S/C22H14BrFN2O3S3/c23-15-7-8-17(29-12-13-4-1-2-5-16(13)24)14(10-15)11-19-21(28)26(22(30)32-19)25-20(27)18-6-3-9-31-18/h1-11H,12H2,(H,25,27)/b19-11-. The van der Waals surface area contributed by atoms with E-state index in [1.54, 1.807) is 60.0 Å². The smallest absolute Gasteiger partial charge is 0.285 e. The van der Waals surface area contributed by atoms with Crippen molar-refractivity contribution in [3.63, 3.8) is 0 Å². The number of rotatable bonds is 6. The Kier molecular flexibility index (Phi) is 7.04. The molecule has 1 aliphatic rings. The second-order valence-electron chi connectivity index (χ2n) is 6.50. The van der Waals surface area contributed by atoms with E-state index in [-0.39, 0.29) is 16.7 Å². The summed E-state index contributed by atoms with van der Waals surface area (Å²) in [6, 6.07) is 15.1. The Morgan fingerprint density at radius 3 is 2.78 bits per heavy atom. The van der Waals surface area contributed by atoms with Crippen LogP contribution in [-0.4, -0.2) is 21.1 Å². The number of hydrazine groups is 1. The van der Waals surface area contributed by atoms with E-state index in [1.807, 2.05) is 0 Å². The molecule has 5 nitrogen and oxygen atoms in total. The molecule has 32 heavy (non-hydrogen) atoms. The fourth-order valence-electron chi connectivity index (χ4n) is 2.80. The van der Waals surface area contributed by atoms with Crippen LogP contribution in [0.1, 0.15) is 20.8 Å². The number of thiocarbonyl (C=S) groups is 1. The van der Waals surface area contributed by atoms with Crippen molar-refractivity contribution >= 4 is 73.5 Å². The van der Waals surface area contributed by atoms with E-state index in [4.69, 9.17) is 17.0 Å². The maximum atomic E-state index is 13.9. The molecule has 1 saturated heterocycles. The topological polar surface area (TPSA) is 58.6 Å². The summed E-state index contributed by atoms with van der Waals surface area (Å²) in [6.45, 7) is 0.0347. The van der Waals surface area contributed by atoms with Gasteiger partial charge in [-0.15, -0.1) is 11.3 Å².